The third-order valence-electron chi connectivity index (χ3n) is 3.64. The Hall–Kier alpha value is -1.07. The van der Waals surface area contributed by atoms with Crippen molar-refractivity contribution in [3.05, 3.63) is 35.4 Å². The summed E-state index contributed by atoms with van der Waals surface area (Å²) in [6, 6.07) is 5.45. The molecule has 0 radical (unpaired) electrons. The number of benzene rings is 1. The molecule has 1 aliphatic heterocycles. The second-order valence-corrected chi connectivity index (χ2v) is 5.05. The molecule has 2 rings (SSSR count). The topological polar surface area (TPSA) is 29.3 Å². The van der Waals surface area contributed by atoms with Crippen LogP contribution in [0.3, 0.4) is 0 Å². The first-order chi connectivity index (χ1) is 8.93. The van der Waals surface area contributed by atoms with Crippen LogP contribution in [0.2, 0.25) is 0 Å². The highest BCUT2D eigenvalue weighted by Gasteiger charge is 2.34. The Morgan fingerprint density at radius 2 is 1.89 bits per heavy atom. The van der Waals surface area contributed by atoms with Crippen LogP contribution in [-0.2, 0) is 6.18 Å². The van der Waals surface area contributed by atoms with E-state index < -0.39 is 11.7 Å². The number of alkyl halides is 3. The first-order valence-electron chi connectivity index (χ1n) is 6.60. The van der Waals surface area contributed by atoms with E-state index in [-0.39, 0.29) is 12.1 Å². The van der Waals surface area contributed by atoms with Crippen molar-refractivity contribution in [3.63, 3.8) is 0 Å². The van der Waals surface area contributed by atoms with E-state index >= 15 is 0 Å². The number of hydrogen-bond acceptors (Lipinski definition) is 2. The summed E-state index contributed by atoms with van der Waals surface area (Å²) in [5, 5.41) is 0. The molecule has 1 aliphatic rings. The van der Waals surface area contributed by atoms with Gasteiger partial charge in [0.1, 0.15) is 0 Å². The lowest BCUT2D eigenvalue weighted by Gasteiger charge is -2.27. The third-order valence-corrected chi connectivity index (χ3v) is 3.64. The van der Waals surface area contributed by atoms with Gasteiger partial charge in [0.2, 0.25) is 0 Å². The van der Waals surface area contributed by atoms with Crippen LogP contribution < -0.4 is 5.73 Å². The van der Waals surface area contributed by atoms with Gasteiger partial charge < -0.3 is 5.73 Å². The molecule has 0 spiro atoms. The second-order valence-electron chi connectivity index (χ2n) is 5.05. The third kappa shape index (κ3) is 3.09. The van der Waals surface area contributed by atoms with E-state index in [1.54, 1.807) is 12.1 Å². The molecule has 0 aliphatic carbocycles. The Labute approximate surface area is 111 Å². The molecule has 106 valence electrons. The van der Waals surface area contributed by atoms with Gasteiger partial charge in [-0.05, 0) is 37.1 Å². The van der Waals surface area contributed by atoms with Gasteiger partial charge in [-0.15, -0.1) is 0 Å². The van der Waals surface area contributed by atoms with E-state index in [4.69, 9.17) is 5.73 Å². The number of nitrogens with zero attached hydrogens (tertiary/aromatic N) is 1. The summed E-state index contributed by atoms with van der Waals surface area (Å²) in [7, 11) is 0. The summed E-state index contributed by atoms with van der Waals surface area (Å²) in [5.74, 6) is 0. The van der Waals surface area contributed by atoms with Crippen molar-refractivity contribution in [3.8, 4) is 0 Å². The normalized spacial score (nSPS) is 24.9. The van der Waals surface area contributed by atoms with Crippen molar-refractivity contribution in [2.24, 2.45) is 5.73 Å². The number of likely N-dealkylation sites (tertiary alicyclic amines) is 1. The zero-order valence-electron chi connectivity index (χ0n) is 11.0. The number of rotatable bonds is 3. The molecule has 0 aromatic heterocycles. The van der Waals surface area contributed by atoms with Crippen molar-refractivity contribution in [2.75, 3.05) is 13.1 Å². The summed E-state index contributed by atoms with van der Waals surface area (Å²) in [6.07, 6.45) is -2.37. The van der Waals surface area contributed by atoms with Crippen LogP contribution in [-0.4, -0.2) is 24.0 Å². The molecule has 2 nitrogen and oxygen atoms in total. The van der Waals surface area contributed by atoms with Crippen molar-refractivity contribution < 1.29 is 13.2 Å². The van der Waals surface area contributed by atoms with E-state index in [0.717, 1.165) is 43.6 Å². The van der Waals surface area contributed by atoms with Crippen molar-refractivity contribution >= 4 is 0 Å². The first kappa shape index (κ1) is 14.3. The largest absolute Gasteiger partial charge is 0.416 e. The zero-order valence-corrected chi connectivity index (χ0v) is 11.0. The predicted molar refractivity (Wildman–Crippen MR) is 68.6 cm³/mol. The fraction of sp³-hybridized carbons (Fsp3) is 0.571. The van der Waals surface area contributed by atoms with Crippen LogP contribution in [0.1, 0.15) is 36.9 Å². The molecule has 0 amide bonds. The lowest BCUT2D eigenvalue weighted by Crippen LogP contribution is -2.32. The van der Waals surface area contributed by atoms with Crippen LogP contribution in [0, 0.1) is 0 Å². The van der Waals surface area contributed by atoms with Crippen LogP contribution in [0.25, 0.3) is 0 Å². The molecule has 2 atom stereocenters. The number of nitrogens with two attached hydrogens (primary N) is 1. The quantitative estimate of drug-likeness (QED) is 0.915. The molecule has 2 unspecified atom stereocenters. The molecule has 0 bridgehead atoms. The Morgan fingerprint density at radius 1 is 1.26 bits per heavy atom. The molecule has 5 heteroatoms. The molecule has 2 N–H and O–H groups in total. The van der Waals surface area contributed by atoms with E-state index in [9.17, 15) is 13.2 Å². The highest BCUT2D eigenvalue weighted by atomic mass is 19.4. The SMILES string of the molecule is CCCN1CCC(N)C1c1ccc(C(F)(F)F)cc1. The standard InChI is InChI=1S/C14H19F3N2/c1-2-8-19-9-7-12(18)13(19)10-3-5-11(6-4-10)14(15,16)17/h3-6,12-13H,2,7-9,18H2,1H3. The van der Waals surface area contributed by atoms with Gasteiger partial charge in [0.15, 0.2) is 0 Å². The predicted octanol–water partition coefficient (Wildman–Crippen LogP) is 3.19. The Bertz CT molecular complexity index is 412. The minimum Gasteiger partial charge on any atom is -0.326 e. The van der Waals surface area contributed by atoms with Crippen molar-refractivity contribution in [1.82, 2.24) is 4.90 Å². The maximum Gasteiger partial charge on any atom is 0.416 e. The van der Waals surface area contributed by atoms with Gasteiger partial charge in [0.05, 0.1) is 5.56 Å². The first-order valence-corrected chi connectivity index (χ1v) is 6.60. The summed E-state index contributed by atoms with van der Waals surface area (Å²) < 4.78 is 37.6. The van der Waals surface area contributed by atoms with Crippen LogP contribution in [0.4, 0.5) is 13.2 Å². The fourth-order valence-corrected chi connectivity index (χ4v) is 2.75. The molecule has 1 fully saturated rings. The van der Waals surface area contributed by atoms with Crippen LogP contribution >= 0.6 is 0 Å². The van der Waals surface area contributed by atoms with Gasteiger partial charge in [-0.25, -0.2) is 0 Å². The van der Waals surface area contributed by atoms with Gasteiger partial charge in [0, 0.05) is 18.6 Å². The Balaban J connectivity index is 2.20. The molecule has 1 aromatic rings. The Morgan fingerprint density at radius 3 is 2.42 bits per heavy atom. The van der Waals surface area contributed by atoms with Gasteiger partial charge in [0.25, 0.3) is 0 Å². The van der Waals surface area contributed by atoms with Gasteiger partial charge in [-0.3, -0.25) is 4.90 Å². The van der Waals surface area contributed by atoms with Crippen molar-refractivity contribution in [2.45, 2.75) is 38.0 Å². The van der Waals surface area contributed by atoms with E-state index in [1.807, 2.05) is 0 Å². The lowest BCUT2D eigenvalue weighted by atomic mass is 9.99. The number of hydrogen-bond donors (Lipinski definition) is 1. The molecule has 1 heterocycles. The van der Waals surface area contributed by atoms with Gasteiger partial charge in [-0.2, -0.15) is 13.2 Å². The second kappa shape index (κ2) is 5.51. The Kier molecular flexibility index (Phi) is 4.16. The fourth-order valence-electron chi connectivity index (χ4n) is 2.75. The molecule has 19 heavy (non-hydrogen) atoms. The van der Waals surface area contributed by atoms with E-state index in [1.165, 1.54) is 0 Å². The maximum absolute atomic E-state index is 12.5. The minimum absolute atomic E-state index is 0.00304. The average Bonchev–Trinajstić information content (AvgIpc) is 2.70. The monoisotopic (exact) mass is 272 g/mol. The molecular formula is C14H19F3N2. The van der Waals surface area contributed by atoms with Gasteiger partial charge >= 0.3 is 6.18 Å². The molecule has 1 saturated heterocycles. The average molecular weight is 272 g/mol. The van der Waals surface area contributed by atoms with Crippen LogP contribution in [0.15, 0.2) is 24.3 Å². The smallest absolute Gasteiger partial charge is 0.326 e. The molecule has 1 aromatic carbocycles. The summed E-state index contributed by atoms with van der Waals surface area (Å²) in [5.41, 5.74) is 6.37. The highest BCUT2D eigenvalue weighted by Crippen LogP contribution is 2.34. The summed E-state index contributed by atoms with van der Waals surface area (Å²) in [4.78, 5) is 2.26. The summed E-state index contributed by atoms with van der Waals surface area (Å²) in [6.45, 7) is 3.94. The lowest BCUT2D eigenvalue weighted by molar-refractivity contribution is -0.137. The number of halogens is 3. The van der Waals surface area contributed by atoms with Gasteiger partial charge in [-0.1, -0.05) is 19.1 Å². The minimum atomic E-state index is -4.28. The summed E-state index contributed by atoms with van der Waals surface area (Å²) >= 11 is 0. The van der Waals surface area contributed by atoms with Crippen molar-refractivity contribution in [1.29, 1.82) is 0 Å². The zero-order chi connectivity index (χ0) is 14.0. The molecular weight excluding hydrogens is 253 g/mol. The highest BCUT2D eigenvalue weighted by molar-refractivity contribution is 5.28. The van der Waals surface area contributed by atoms with Crippen LogP contribution in [0.5, 0.6) is 0 Å². The maximum atomic E-state index is 12.5. The van der Waals surface area contributed by atoms with E-state index in [0.29, 0.717) is 0 Å². The molecule has 0 saturated carbocycles. The van der Waals surface area contributed by atoms with E-state index in [2.05, 4.69) is 11.8 Å².